The molecule has 0 saturated carbocycles. The van der Waals surface area contributed by atoms with Gasteiger partial charge in [-0.05, 0) is 24.5 Å². The molecule has 0 radical (unpaired) electrons. The van der Waals surface area contributed by atoms with E-state index in [1.54, 1.807) is 6.20 Å². The maximum absolute atomic E-state index is 5.57. The number of ether oxygens (including phenoxy) is 1. The Morgan fingerprint density at radius 1 is 1.42 bits per heavy atom. The number of hydrogen-bond donors (Lipinski definition) is 1. The average Bonchev–Trinajstić information content (AvgIpc) is 3.11. The van der Waals surface area contributed by atoms with Crippen LogP contribution in [0.25, 0.3) is 11.5 Å². The minimum atomic E-state index is 0.397. The molecule has 3 heterocycles. The first-order valence-corrected chi connectivity index (χ1v) is 6.41. The predicted molar refractivity (Wildman–Crippen MR) is 68.1 cm³/mol. The van der Waals surface area contributed by atoms with Gasteiger partial charge in [0.2, 0.25) is 0 Å². The van der Waals surface area contributed by atoms with Gasteiger partial charge < -0.3 is 15.0 Å². The number of hydrogen-bond acceptors (Lipinski definition) is 6. The van der Waals surface area contributed by atoms with Crippen LogP contribution in [0.4, 0.5) is 0 Å². The van der Waals surface area contributed by atoms with Crippen molar-refractivity contribution in [2.45, 2.75) is 19.4 Å². The largest absolute Gasteiger partial charge is 0.381 e. The molecule has 3 rings (SSSR count). The lowest BCUT2D eigenvalue weighted by Gasteiger charge is -2.01. The molecule has 1 saturated heterocycles. The minimum Gasteiger partial charge on any atom is -0.381 e. The highest BCUT2D eigenvalue weighted by atomic mass is 16.5. The van der Waals surface area contributed by atoms with Gasteiger partial charge in [0, 0.05) is 37.9 Å². The molecule has 1 aliphatic rings. The van der Waals surface area contributed by atoms with Gasteiger partial charge in [0.15, 0.2) is 5.82 Å². The third kappa shape index (κ3) is 2.80. The molecule has 0 aromatic carbocycles. The molecule has 2 aromatic heterocycles. The summed E-state index contributed by atoms with van der Waals surface area (Å²) in [7, 11) is 0. The summed E-state index contributed by atoms with van der Waals surface area (Å²) in [4.78, 5) is 8.56. The van der Waals surface area contributed by atoms with E-state index in [0.717, 1.165) is 43.1 Å². The highest BCUT2D eigenvalue weighted by Crippen LogP contribution is 2.20. The van der Waals surface area contributed by atoms with Crippen molar-refractivity contribution >= 4 is 0 Å². The van der Waals surface area contributed by atoms with Crippen molar-refractivity contribution in [2.75, 3.05) is 13.2 Å². The zero-order valence-electron chi connectivity index (χ0n) is 10.6. The molecule has 6 heteroatoms. The smallest absolute Gasteiger partial charge is 0.258 e. The zero-order chi connectivity index (χ0) is 13.1. The second-order valence-electron chi connectivity index (χ2n) is 4.69. The van der Waals surface area contributed by atoms with Crippen LogP contribution in [0.2, 0.25) is 0 Å². The summed E-state index contributed by atoms with van der Waals surface area (Å²) in [5.41, 5.74) is 7.23. The van der Waals surface area contributed by atoms with Gasteiger partial charge in [-0.25, -0.2) is 0 Å². The maximum Gasteiger partial charge on any atom is 0.258 e. The fourth-order valence-electron chi connectivity index (χ4n) is 2.18. The van der Waals surface area contributed by atoms with Gasteiger partial charge >= 0.3 is 0 Å². The molecule has 1 unspecified atom stereocenters. The van der Waals surface area contributed by atoms with Crippen LogP contribution >= 0.6 is 0 Å². The molecular formula is C13H16N4O2. The van der Waals surface area contributed by atoms with E-state index in [2.05, 4.69) is 15.1 Å². The normalized spacial score (nSPS) is 18.9. The molecule has 19 heavy (non-hydrogen) atoms. The van der Waals surface area contributed by atoms with Crippen molar-refractivity contribution in [3.63, 3.8) is 0 Å². The summed E-state index contributed by atoms with van der Waals surface area (Å²) in [5, 5.41) is 4.02. The van der Waals surface area contributed by atoms with Crippen LogP contribution in [0.1, 0.15) is 17.9 Å². The van der Waals surface area contributed by atoms with Gasteiger partial charge in [-0.15, -0.1) is 0 Å². The number of nitrogens with two attached hydrogens (primary N) is 1. The van der Waals surface area contributed by atoms with E-state index in [9.17, 15) is 0 Å². The van der Waals surface area contributed by atoms with Gasteiger partial charge in [-0.3, -0.25) is 4.98 Å². The lowest BCUT2D eigenvalue weighted by Crippen LogP contribution is -2.04. The molecule has 0 amide bonds. The first-order chi connectivity index (χ1) is 9.35. The summed E-state index contributed by atoms with van der Waals surface area (Å²) in [6.45, 7) is 2.02. The van der Waals surface area contributed by atoms with Crippen LogP contribution in [0, 0.1) is 5.92 Å². The molecule has 1 atom stereocenters. The predicted octanol–water partition coefficient (Wildman–Crippen LogP) is 1.17. The third-order valence-corrected chi connectivity index (χ3v) is 3.24. The van der Waals surface area contributed by atoms with E-state index in [1.807, 2.05) is 12.1 Å². The summed E-state index contributed by atoms with van der Waals surface area (Å²) < 4.78 is 10.6. The van der Waals surface area contributed by atoms with E-state index in [-0.39, 0.29) is 0 Å². The molecule has 0 aliphatic carbocycles. The summed E-state index contributed by atoms with van der Waals surface area (Å²) in [6.07, 6.45) is 3.57. The van der Waals surface area contributed by atoms with Crippen molar-refractivity contribution < 1.29 is 9.26 Å². The van der Waals surface area contributed by atoms with Gasteiger partial charge in [0.05, 0.1) is 5.69 Å². The molecule has 2 aromatic rings. The maximum atomic E-state index is 5.57. The highest BCUT2D eigenvalue weighted by Gasteiger charge is 2.19. The lowest BCUT2D eigenvalue weighted by atomic mass is 10.1. The van der Waals surface area contributed by atoms with Gasteiger partial charge in [-0.1, -0.05) is 5.16 Å². The molecule has 1 fully saturated rings. The average molecular weight is 260 g/mol. The Labute approximate surface area is 111 Å². The fourth-order valence-corrected chi connectivity index (χ4v) is 2.18. The fraction of sp³-hybridized carbons (Fsp3) is 0.462. The van der Waals surface area contributed by atoms with Crippen LogP contribution in [0.15, 0.2) is 22.9 Å². The Balaban J connectivity index is 1.76. The van der Waals surface area contributed by atoms with Crippen LogP contribution in [-0.2, 0) is 17.7 Å². The molecule has 1 aliphatic heterocycles. The van der Waals surface area contributed by atoms with Crippen molar-refractivity contribution in [1.29, 1.82) is 0 Å². The first-order valence-electron chi connectivity index (χ1n) is 6.41. The minimum absolute atomic E-state index is 0.397. The molecular weight excluding hydrogens is 244 g/mol. The van der Waals surface area contributed by atoms with Crippen LogP contribution < -0.4 is 5.73 Å². The van der Waals surface area contributed by atoms with Crippen molar-refractivity contribution in [3.8, 4) is 11.5 Å². The number of rotatable bonds is 4. The van der Waals surface area contributed by atoms with Gasteiger partial charge in [0.25, 0.3) is 5.89 Å². The summed E-state index contributed by atoms with van der Waals surface area (Å²) in [5.74, 6) is 1.75. The summed E-state index contributed by atoms with van der Waals surface area (Å²) >= 11 is 0. The number of aromatic nitrogens is 3. The van der Waals surface area contributed by atoms with Crippen molar-refractivity contribution in [2.24, 2.45) is 11.7 Å². The molecule has 6 nitrogen and oxygen atoms in total. The second-order valence-corrected chi connectivity index (χ2v) is 4.69. The van der Waals surface area contributed by atoms with Crippen molar-refractivity contribution in [3.05, 3.63) is 29.8 Å². The topological polar surface area (TPSA) is 87.1 Å². The van der Waals surface area contributed by atoms with Gasteiger partial charge in [0.1, 0.15) is 0 Å². The summed E-state index contributed by atoms with van der Waals surface area (Å²) in [6, 6.07) is 3.71. The van der Waals surface area contributed by atoms with E-state index in [4.69, 9.17) is 15.0 Å². The van der Waals surface area contributed by atoms with E-state index in [0.29, 0.717) is 18.4 Å². The van der Waals surface area contributed by atoms with E-state index < -0.39 is 0 Å². The monoisotopic (exact) mass is 260 g/mol. The Bertz CT molecular complexity index is 549. The van der Waals surface area contributed by atoms with Crippen LogP contribution in [0.5, 0.6) is 0 Å². The SMILES string of the molecule is NCc1cc(-c2nc(CC3CCOC3)no2)ccn1. The van der Waals surface area contributed by atoms with E-state index >= 15 is 0 Å². The first kappa shape index (κ1) is 12.3. The molecule has 0 spiro atoms. The lowest BCUT2D eigenvalue weighted by molar-refractivity contribution is 0.185. The second kappa shape index (κ2) is 5.46. The quantitative estimate of drug-likeness (QED) is 0.887. The van der Waals surface area contributed by atoms with Crippen LogP contribution in [0.3, 0.4) is 0 Å². The van der Waals surface area contributed by atoms with E-state index in [1.165, 1.54) is 0 Å². The highest BCUT2D eigenvalue weighted by molar-refractivity contribution is 5.52. The van der Waals surface area contributed by atoms with Gasteiger partial charge in [-0.2, -0.15) is 4.98 Å². The Morgan fingerprint density at radius 2 is 2.37 bits per heavy atom. The standard InChI is InChI=1S/C13H16N4O2/c14-7-11-6-10(1-3-15-11)13-16-12(17-19-13)5-9-2-4-18-8-9/h1,3,6,9H,2,4-5,7-8,14H2. The molecule has 0 bridgehead atoms. The number of pyridine rings is 1. The zero-order valence-corrected chi connectivity index (χ0v) is 10.6. The Hall–Kier alpha value is -1.79. The van der Waals surface area contributed by atoms with Crippen LogP contribution in [-0.4, -0.2) is 28.3 Å². The molecule has 2 N–H and O–H groups in total. The van der Waals surface area contributed by atoms with Crippen molar-refractivity contribution in [1.82, 2.24) is 15.1 Å². The Morgan fingerprint density at radius 3 is 3.16 bits per heavy atom. The Kier molecular flexibility index (Phi) is 3.52. The molecule has 100 valence electrons. The third-order valence-electron chi connectivity index (χ3n) is 3.24. The number of nitrogens with zero attached hydrogens (tertiary/aromatic N) is 3.